The van der Waals surface area contributed by atoms with Crippen molar-refractivity contribution in [1.82, 2.24) is 15.6 Å². The fourth-order valence-electron chi connectivity index (χ4n) is 3.82. The molecule has 0 saturated carbocycles. The van der Waals surface area contributed by atoms with Crippen LogP contribution in [0.15, 0.2) is 60.8 Å². The van der Waals surface area contributed by atoms with E-state index in [1.807, 2.05) is 0 Å². The molecule has 12 heteroatoms. The summed E-state index contributed by atoms with van der Waals surface area (Å²) < 4.78 is 74.0. The van der Waals surface area contributed by atoms with Gasteiger partial charge in [-0.05, 0) is 59.9 Å². The molecule has 0 spiro atoms. The fourth-order valence-corrected chi connectivity index (χ4v) is 3.94. The first-order valence-electron chi connectivity index (χ1n) is 11.4. The number of aromatic nitrogens is 1. The summed E-state index contributed by atoms with van der Waals surface area (Å²) in [7, 11) is 2.78. The molecule has 2 N–H and O–H groups in total. The maximum atomic E-state index is 12.9. The van der Waals surface area contributed by atoms with E-state index in [9.17, 15) is 26.7 Å². The molecule has 0 aliphatic heterocycles. The van der Waals surface area contributed by atoms with Crippen LogP contribution in [-0.2, 0) is 17.4 Å². The van der Waals surface area contributed by atoms with E-state index in [0.717, 1.165) is 12.3 Å². The van der Waals surface area contributed by atoms with E-state index in [4.69, 9.17) is 16.3 Å². The number of aryl methyl sites for hydroxylation is 1. The standard InChI is InChI=1S/C26H25ClF5N3O3/c1-33-24(36)23(16-5-8-18(27)9-6-16)35-19(10-3-15-4-12-22(34-14-15)26(30,31)32)17-7-11-20(38-25(28)29)21(13-17)37-2/h4-9,11-14,19,23,25,35H,3,10H2,1-2H3,(H,33,36)/t19-,23+/m1/s1. The number of amides is 1. The van der Waals surface area contributed by atoms with Gasteiger partial charge in [0.25, 0.3) is 0 Å². The Morgan fingerprint density at radius 2 is 1.71 bits per heavy atom. The van der Waals surface area contributed by atoms with Gasteiger partial charge >= 0.3 is 12.8 Å². The number of carbonyl (C=O) groups excluding carboxylic acids is 1. The van der Waals surface area contributed by atoms with Gasteiger partial charge in [0.05, 0.1) is 7.11 Å². The minimum atomic E-state index is -4.56. The molecule has 38 heavy (non-hydrogen) atoms. The number of pyridine rings is 1. The van der Waals surface area contributed by atoms with Crippen LogP contribution in [0.1, 0.15) is 40.9 Å². The molecule has 0 saturated heterocycles. The lowest BCUT2D eigenvalue weighted by Crippen LogP contribution is -2.38. The van der Waals surface area contributed by atoms with Crippen molar-refractivity contribution in [3.63, 3.8) is 0 Å². The predicted molar refractivity (Wildman–Crippen MR) is 131 cm³/mol. The summed E-state index contributed by atoms with van der Waals surface area (Å²) in [5.74, 6) is -0.468. The van der Waals surface area contributed by atoms with Gasteiger partial charge in [-0.2, -0.15) is 22.0 Å². The number of hydrogen-bond donors (Lipinski definition) is 2. The lowest BCUT2D eigenvalue weighted by Gasteiger charge is -2.26. The van der Waals surface area contributed by atoms with Crippen molar-refractivity contribution in [3.8, 4) is 11.5 Å². The van der Waals surface area contributed by atoms with Gasteiger partial charge in [0.1, 0.15) is 11.7 Å². The number of alkyl halides is 5. The number of benzene rings is 2. The summed E-state index contributed by atoms with van der Waals surface area (Å²) in [6.07, 6.45) is -2.80. The molecule has 0 aliphatic carbocycles. The molecular formula is C26H25ClF5N3O3. The molecule has 0 radical (unpaired) electrons. The minimum absolute atomic E-state index is 0.0498. The summed E-state index contributed by atoms with van der Waals surface area (Å²) in [5.41, 5.74) is 0.723. The summed E-state index contributed by atoms with van der Waals surface area (Å²) in [4.78, 5) is 16.3. The Hall–Kier alpha value is -3.44. The third kappa shape index (κ3) is 7.78. The summed E-state index contributed by atoms with van der Waals surface area (Å²) in [6, 6.07) is 11.9. The lowest BCUT2D eigenvalue weighted by atomic mass is 9.96. The molecule has 2 atom stereocenters. The number of ether oxygens (including phenoxy) is 2. The number of rotatable bonds is 11. The highest BCUT2D eigenvalue weighted by Crippen LogP contribution is 2.34. The predicted octanol–water partition coefficient (Wildman–Crippen LogP) is 6.11. The Bertz CT molecular complexity index is 1210. The van der Waals surface area contributed by atoms with Crippen molar-refractivity contribution in [2.45, 2.75) is 37.7 Å². The monoisotopic (exact) mass is 557 g/mol. The van der Waals surface area contributed by atoms with Crippen LogP contribution in [0.2, 0.25) is 5.02 Å². The van der Waals surface area contributed by atoms with Crippen molar-refractivity contribution in [1.29, 1.82) is 0 Å². The van der Waals surface area contributed by atoms with E-state index >= 15 is 0 Å². The van der Waals surface area contributed by atoms with Crippen LogP contribution in [0, 0.1) is 0 Å². The van der Waals surface area contributed by atoms with Gasteiger partial charge in [0.15, 0.2) is 11.5 Å². The van der Waals surface area contributed by atoms with E-state index in [1.54, 1.807) is 30.3 Å². The lowest BCUT2D eigenvalue weighted by molar-refractivity contribution is -0.141. The quantitative estimate of drug-likeness (QED) is 0.278. The number of nitrogens with zero attached hydrogens (tertiary/aromatic N) is 1. The van der Waals surface area contributed by atoms with Gasteiger partial charge in [-0.15, -0.1) is 0 Å². The van der Waals surface area contributed by atoms with Crippen LogP contribution >= 0.6 is 11.6 Å². The van der Waals surface area contributed by atoms with Crippen LogP contribution in [0.3, 0.4) is 0 Å². The van der Waals surface area contributed by atoms with Gasteiger partial charge < -0.3 is 14.8 Å². The number of hydrogen-bond acceptors (Lipinski definition) is 5. The Morgan fingerprint density at radius 3 is 2.26 bits per heavy atom. The van der Waals surface area contributed by atoms with Gasteiger partial charge in [-0.1, -0.05) is 35.9 Å². The second-order valence-electron chi connectivity index (χ2n) is 8.19. The zero-order chi connectivity index (χ0) is 27.9. The smallest absolute Gasteiger partial charge is 0.433 e. The van der Waals surface area contributed by atoms with E-state index in [-0.39, 0.29) is 17.4 Å². The van der Waals surface area contributed by atoms with Crippen molar-refractivity contribution in [3.05, 3.63) is 88.2 Å². The zero-order valence-corrected chi connectivity index (χ0v) is 21.1. The van der Waals surface area contributed by atoms with Crippen LogP contribution in [-0.4, -0.2) is 31.7 Å². The summed E-state index contributed by atoms with van der Waals surface area (Å²) in [5, 5.41) is 6.36. The largest absolute Gasteiger partial charge is 0.493 e. The van der Waals surface area contributed by atoms with Crippen LogP contribution < -0.4 is 20.1 Å². The molecule has 0 fully saturated rings. The molecule has 204 valence electrons. The third-order valence-corrected chi connectivity index (χ3v) is 5.97. The number of methoxy groups -OCH3 is 1. The normalized spacial score (nSPS) is 13.2. The summed E-state index contributed by atoms with van der Waals surface area (Å²) >= 11 is 6.00. The van der Waals surface area contributed by atoms with E-state index < -0.39 is 30.6 Å². The molecule has 0 aliphatic rings. The molecule has 1 heterocycles. The summed E-state index contributed by atoms with van der Waals surface area (Å²) in [6.45, 7) is -3.06. The molecule has 6 nitrogen and oxygen atoms in total. The highest BCUT2D eigenvalue weighted by atomic mass is 35.5. The number of halogens is 6. The first-order chi connectivity index (χ1) is 18.0. The fraction of sp³-hybridized carbons (Fsp3) is 0.308. The molecule has 0 unspecified atom stereocenters. The molecule has 1 amide bonds. The van der Waals surface area contributed by atoms with Gasteiger partial charge in [0.2, 0.25) is 5.91 Å². The van der Waals surface area contributed by atoms with Crippen LogP contribution in [0.4, 0.5) is 22.0 Å². The van der Waals surface area contributed by atoms with Gasteiger partial charge in [-0.3, -0.25) is 15.1 Å². The zero-order valence-electron chi connectivity index (χ0n) is 20.4. The highest BCUT2D eigenvalue weighted by Gasteiger charge is 2.32. The van der Waals surface area contributed by atoms with E-state index in [0.29, 0.717) is 34.6 Å². The second-order valence-corrected chi connectivity index (χ2v) is 8.63. The van der Waals surface area contributed by atoms with Crippen LogP contribution in [0.25, 0.3) is 0 Å². The molecule has 3 aromatic rings. The number of likely N-dealkylation sites (N-methyl/N-ethyl adjacent to an activating group) is 1. The molecule has 3 rings (SSSR count). The highest BCUT2D eigenvalue weighted by molar-refractivity contribution is 6.30. The average molecular weight is 558 g/mol. The number of carbonyl (C=O) groups is 1. The Labute approximate surface area is 221 Å². The molecular weight excluding hydrogens is 533 g/mol. The molecule has 0 bridgehead atoms. The molecule has 1 aromatic heterocycles. The Morgan fingerprint density at radius 1 is 1.03 bits per heavy atom. The van der Waals surface area contributed by atoms with Gasteiger partial charge in [0, 0.05) is 24.3 Å². The second kappa shape index (κ2) is 12.9. The van der Waals surface area contributed by atoms with Crippen molar-refractivity contribution in [2.75, 3.05) is 14.2 Å². The van der Waals surface area contributed by atoms with Crippen molar-refractivity contribution in [2.24, 2.45) is 0 Å². The van der Waals surface area contributed by atoms with Gasteiger partial charge in [-0.25, -0.2) is 0 Å². The van der Waals surface area contributed by atoms with E-state index in [1.165, 1.54) is 32.4 Å². The number of nitrogens with one attached hydrogen (secondary N) is 2. The van der Waals surface area contributed by atoms with Crippen molar-refractivity contribution >= 4 is 17.5 Å². The third-order valence-electron chi connectivity index (χ3n) is 5.72. The topological polar surface area (TPSA) is 72.5 Å². The maximum absolute atomic E-state index is 12.9. The Balaban J connectivity index is 1.94. The molecule has 2 aromatic carbocycles. The Kier molecular flexibility index (Phi) is 9.87. The van der Waals surface area contributed by atoms with Crippen molar-refractivity contribution < 1.29 is 36.2 Å². The first-order valence-corrected chi connectivity index (χ1v) is 11.8. The minimum Gasteiger partial charge on any atom is -0.493 e. The maximum Gasteiger partial charge on any atom is 0.433 e. The average Bonchev–Trinajstić information content (AvgIpc) is 2.89. The van der Waals surface area contributed by atoms with E-state index in [2.05, 4.69) is 20.4 Å². The SMILES string of the molecule is CNC(=O)[C@@H](N[C@H](CCc1ccc(C(F)(F)F)nc1)c1ccc(OC(F)F)c(OC)c1)c1ccc(Cl)cc1. The van der Waals surface area contributed by atoms with Crippen LogP contribution in [0.5, 0.6) is 11.5 Å². The first kappa shape index (κ1) is 29.1.